The average Bonchev–Trinajstić information content (AvgIpc) is 2.48. The van der Waals surface area contributed by atoms with E-state index < -0.39 is 0 Å². The molecule has 0 fully saturated rings. The van der Waals surface area contributed by atoms with E-state index in [1.807, 2.05) is 43.3 Å². The number of hydrogen-bond acceptors (Lipinski definition) is 2. The molecule has 0 unspecified atom stereocenters. The smallest absolute Gasteiger partial charge is 0.248 e. The SMILES string of the molecule is COc1ccc(/C=C/C(=O)Nc2ccc(C)cc2Cl)cc1. The summed E-state index contributed by atoms with van der Waals surface area (Å²) in [6.07, 6.45) is 3.20. The van der Waals surface area contributed by atoms with Crippen molar-refractivity contribution in [1.29, 1.82) is 0 Å². The summed E-state index contributed by atoms with van der Waals surface area (Å²) in [5.74, 6) is 0.555. The minimum Gasteiger partial charge on any atom is -0.497 e. The van der Waals surface area contributed by atoms with Gasteiger partial charge in [-0.3, -0.25) is 4.79 Å². The monoisotopic (exact) mass is 301 g/mol. The summed E-state index contributed by atoms with van der Waals surface area (Å²) < 4.78 is 5.08. The summed E-state index contributed by atoms with van der Waals surface area (Å²) in [5.41, 5.74) is 2.57. The lowest BCUT2D eigenvalue weighted by molar-refractivity contribution is -0.111. The van der Waals surface area contributed by atoms with Crippen molar-refractivity contribution >= 4 is 29.3 Å². The Hall–Kier alpha value is -2.26. The molecule has 2 aromatic rings. The predicted octanol–water partition coefficient (Wildman–Crippen LogP) is 4.31. The van der Waals surface area contributed by atoms with E-state index in [0.717, 1.165) is 16.9 Å². The quantitative estimate of drug-likeness (QED) is 0.855. The van der Waals surface area contributed by atoms with Gasteiger partial charge in [-0.25, -0.2) is 0 Å². The highest BCUT2D eigenvalue weighted by Crippen LogP contribution is 2.22. The van der Waals surface area contributed by atoms with E-state index in [0.29, 0.717) is 10.7 Å². The van der Waals surface area contributed by atoms with Gasteiger partial charge in [0.2, 0.25) is 5.91 Å². The zero-order valence-corrected chi connectivity index (χ0v) is 12.6. The van der Waals surface area contributed by atoms with Gasteiger partial charge in [-0.05, 0) is 48.4 Å². The lowest BCUT2D eigenvalue weighted by atomic mass is 10.2. The molecule has 4 heteroatoms. The zero-order chi connectivity index (χ0) is 15.2. The molecular weight excluding hydrogens is 286 g/mol. The van der Waals surface area contributed by atoms with E-state index >= 15 is 0 Å². The maximum Gasteiger partial charge on any atom is 0.248 e. The third-order valence-corrected chi connectivity index (χ3v) is 3.24. The third kappa shape index (κ3) is 4.36. The van der Waals surface area contributed by atoms with E-state index in [1.165, 1.54) is 6.08 Å². The lowest BCUT2D eigenvalue weighted by Gasteiger charge is -2.05. The average molecular weight is 302 g/mol. The molecule has 0 aromatic heterocycles. The minimum atomic E-state index is -0.225. The summed E-state index contributed by atoms with van der Waals surface area (Å²) in [6.45, 7) is 1.95. The fourth-order valence-electron chi connectivity index (χ4n) is 1.78. The highest BCUT2D eigenvalue weighted by molar-refractivity contribution is 6.33. The fraction of sp³-hybridized carbons (Fsp3) is 0.118. The number of amides is 1. The normalized spacial score (nSPS) is 10.6. The maximum absolute atomic E-state index is 11.9. The maximum atomic E-state index is 11.9. The topological polar surface area (TPSA) is 38.3 Å². The van der Waals surface area contributed by atoms with Gasteiger partial charge in [-0.2, -0.15) is 0 Å². The van der Waals surface area contributed by atoms with E-state index in [9.17, 15) is 4.79 Å². The van der Waals surface area contributed by atoms with Crippen LogP contribution in [0.2, 0.25) is 5.02 Å². The van der Waals surface area contributed by atoms with Crippen molar-refractivity contribution in [2.75, 3.05) is 12.4 Å². The summed E-state index contributed by atoms with van der Waals surface area (Å²) >= 11 is 6.07. The van der Waals surface area contributed by atoms with Crippen molar-refractivity contribution in [2.45, 2.75) is 6.92 Å². The Kier molecular flexibility index (Phi) is 5.01. The van der Waals surface area contributed by atoms with Gasteiger partial charge in [-0.1, -0.05) is 29.8 Å². The Morgan fingerprint density at radius 1 is 1.19 bits per heavy atom. The van der Waals surface area contributed by atoms with Crippen LogP contribution in [0.1, 0.15) is 11.1 Å². The summed E-state index contributed by atoms with van der Waals surface area (Å²) in [6, 6.07) is 12.9. The number of benzene rings is 2. The molecule has 3 nitrogen and oxygen atoms in total. The van der Waals surface area contributed by atoms with Crippen LogP contribution in [0.5, 0.6) is 5.75 Å². The Morgan fingerprint density at radius 2 is 1.90 bits per heavy atom. The van der Waals surface area contributed by atoms with Gasteiger partial charge in [0.05, 0.1) is 17.8 Å². The molecule has 0 spiro atoms. The minimum absolute atomic E-state index is 0.225. The van der Waals surface area contributed by atoms with Crippen LogP contribution in [0.3, 0.4) is 0 Å². The second-order valence-electron chi connectivity index (χ2n) is 4.58. The Morgan fingerprint density at radius 3 is 2.52 bits per heavy atom. The molecule has 0 heterocycles. The van der Waals surface area contributed by atoms with Gasteiger partial charge in [0.15, 0.2) is 0 Å². The van der Waals surface area contributed by atoms with Crippen molar-refractivity contribution in [1.82, 2.24) is 0 Å². The number of carbonyl (C=O) groups is 1. The molecule has 0 aliphatic rings. The zero-order valence-electron chi connectivity index (χ0n) is 11.9. The molecule has 0 atom stereocenters. The number of methoxy groups -OCH3 is 1. The van der Waals surface area contributed by atoms with Crippen LogP contribution in [0.25, 0.3) is 6.08 Å². The summed E-state index contributed by atoms with van der Waals surface area (Å²) in [7, 11) is 1.61. The van der Waals surface area contributed by atoms with Crippen LogP contribution >= 0.6 is 11.6 Å². The molecule has 0 bridgehead atoms. The predicted molar refractivity (Wildman–Crippen MR) is 86.8 cm³/mol. The summed E-state index contributed by atoms with van der Waals surface area (Å²) in [4.78, 5) is 11.9. The number of halogens is 1. The number of rotatable bonds is 4. The molecule has 108 valence electrons. The van der Waals surface area contributed by atoms with Crippen LogP contribution in [-0.2, 0) is 4.79 Å². The van der Waals surface area contributed by atoms with E-state index in [-0.39, 0.29) is 5.91 Å². The first-order chi connectivity index (χ1) is 10.1. The number of hydrogen-bond donors (Lipinski definition) is 1. The first-order valence-electron chi connectivity index (χ1n) is 6.48. The molecule has 1 amide bonds. The molecule has 21 heavy (non-hydrogen) atoms. The van der Waals surface area contributed by atoms with Crippen molar-refractivity contribution in [2.24, 2.45) is 0 Å². The van der Waals surface area contributed by atoms with Crippen LogP contribution in [0, 0.1) is 6.92 Å². The molecular formula is C17H16ClNO2. The van der Waals surface area contributed by atoms with E-state index in [4.69, 9.17) is 16.3 Å². The Balaban J connectivity index is 2.01. The second kappa shape index (κ2) is 6.95. The van der Waals surface area contributed by atoms with Crippen LogP contribution in [-0.4, -0.2) is 13.0 Å². The fourth-order valence-corrected chi connectivity index (χ4v) is 2.07. The van der Waals surface area contributed by atoms with Gasteiger partial charge in [-0.15, -0.1) is 0 Å². The van der Waals surface area contributed by atoms with Gasteiger partial charge in [0.1, 0.15) is 5.75 Å². The number of nitrogens with one attached hydrogen (secondary N) is 1. The molecule has 0 radical (unpaired) electrons. The van der Waals surface area contributed by atoms with E-state index in [2.05, 4.69) is 5.32 Å². The highest BCUT2D eigenvalue weighted by Gasteiger charge is 2.03. The molecule has 0 saturated heterocycles. The van der Waals surface area contributed by atoms with Gasteiger partial charge >= 0.3 is 0 Å². The van der Waals surface area contributed by atoms with Gasteiger partial charge < -0.3 is 10.1 Å². The second-order valence-corrected chi connectivity index (χ2v) is 4.99. The van der Waals surface area contributed by atoms with Crippen molar-refractivity contribution in [3.63, 3.8) is 0 Å². The molecule has 0 aliphatic carbocycles. The molecule has 2 aromatic carbocycles. The standard InChI is InChI=1S/C17H16ClNO2/c1-12-3-9-16(15(18)11-12)19-17(20)10-6-13-4-7-14(21-2)8-5-13/h3-11H,1-2H3,(H,19,20)/b10-6+. The van der Waals surface area contributed by atoms with Crippen molar-refractivity contribution < 1.29 is 9.53 Å². The van der Waals surface area contributed by atoms with Crippen LogP contribution < -0.4 is 10.1 Å². The molecule has 0 saturated carbocycles. The lowest BCUT2D eigenvalue weighted by Crippen LogP contribution is -2.08. The first kappa shape index (κ1) is 15.1. The van der Waals surface area contributed by atoms with Gasteiger partial charge in [0, 0.05) is 6.08 Å². The van der Waals surface area contributed by atoms with E-state index in [1.54, 1.807) is 19.3 Å². The number of aryl methyl sites for hydroxylation is 1. The van der Waals surface area contributed by atoms with Crippen LogP contribution in [0.15, 0.2) is 48.5 Å². The molecule has 2 rings (SSSR count). The number of anilines is 1. The Bertz CT molecular complexity index is 663. The largest absolute Gasteiger partial charge is 0.497 e. The summed E-state index contributed by atoms with van der Waals surface area (Å²) in [5, 5.41) is 3.28. The molecule has 0 aliphatic heterocycles. The van der Waals surface area contributed by atoms with Crippen molar-refractivity contribution in [3.05, 3.63) is 64.7 Å². The first-order valence-corrected chi connectivity index (χ1v) is 6.85. The van der Waals surface area contributed by atoms with Crippen LogP contribution in [0.4, 0.5) is 5.69 Å². The molecule has 1 N–H and O–H groups in total. The third-order valence-electron chi connectivity index (χ3n) is 2.93. The number of carbonyl (C=O) groups excluding carboxylic acids is 1. The Labute approximate surface area is 129 Å². The van der Waals surface area contributed by atoms with Gasteiger partial charge in [0.25, 0.3) is 0 Å². The van der Waals surface area contributed by atoms with Crippen molar-refractivity contribution in [3.8, 4) is 5.75 Å². The number of ether oxygens (including phenoxy) is 1. The highest BCUT2D eigenvalue weighted by atomic mass is 35.5.